The fourth-order valence-corrected chi connectivity index (χ4v) is 4.76. The number of carboxylic acid groups (broad SMARTS) is 4. The Morgan fingerprint density at radius 1 is 0.367 bits per heavy atom. The Hall–Kier alpha value is -1.50. The van der Waals surface area contributed by atoms with Crippen molar-refractivity contribution in [1.29, 1.82) is 0 Å². The molecule has 0 heterocycles. The van der Waals surface area contributed by atoms with Gasteiger partial charge >= 0.3 is 23.9 Å². The molecule has 0 atom stereocenters. The van der Waals surface area contributed by atoms with Gasteiger partial charge in [-0.05, 0) is 26.2 Å². The predicted octanol–water partition coefficient (Wildman–Crippen LogP) is 12.6. The van der Waals surface area contributed by atoms with Crippen LogP contribution >= 0.6 is 0 Å². The smallest absolute Gasteiger partial charge is 0.330 e. The quantitative estimate of drug-likeness (QED) is 0.0401. The van der Waals surface area contributed by atoms with Crippen molar-refractivity contribution in [2.75, 3.05) is 0 Å². The number of rotatable bonds is 31. The molecular weight excluding hydrogens is 700 g/mol. The van der Waals surface area contributed by atoms with Crippen LogP contribution in [0.5, 0.6) is 0 Å². The van der Waals surface area contributed by atoms with Crippen molar-refractivity contribution in [3.63, 3.8) is 0 Å². The van der Waals surface area contributed by atoms with Gasteiger partial charge in [-0.15, -0.1) is 0 Å². The Morgan fingerprint density at radius 2 is 0.510 bits per heavy atom. The molecule has 0 amide bonds. The van der Waals surface area contributed by atoms with Crippen molar-refractivity contribution in [1.82, 2.24) is 0 Å². The summed E-state index contributed by atoms with van der Waals surface area (Å²) < 4.78 is 0. The maximum absolute atomic E-state index is 10.2. The topological polar surface area (TPSA) is 149 Å². The van der Waals surface area contributed by atoms with Crippen LogP contribution in [0.15, 0.2) is 12.2 Å². The number of carbonyl (C=O) groups is 4. The van der Waals surface area contributed by atoms with Gasteiger partial charge < -0.3 is 20.4 Å². The first kappa shape index (κ1) is 56.9. The molecule has 9 heteroatoms. The second-order valence-electron chi connectivity index (χ2n) is 13.0. The Balaban J connectivity index is -0.000000180. The van der Waals surface area contributed by atoms with Crippen LogP contribution in [0.3, 0.4) is 0 Å². The van der Waals surface area contributed by atoms with E-state index in [1.54, 1.807) is 0 Å². The van der Waals surface area contributed by atoms with Gasteiger partial charge in [-0.2, -0.15) is 0 Å². The molecule has 0 unspecified atom stereocenters. The van der Waals surface area contributed by atoms with Gasteiger partial charge in [-0.25, -0.2) is 4.79 Å². The molecule has 0 spiro atoms. The van der Waals surface area contributed by atoms with Gasteiger partial charge in [0.2, 0.25) is 0 Å². The Labute approximate surface area is 320 Å². The summed E-state index contributed by atoms with van der Waals surface area (Å²) in [5.74, 6) is -2.91. The Bertz CT molecular complexity index is 639. The van der Waals surface area contributed by atoms with E-state index in [4.69, 9.17) is 20.4 Å². The molecule has 0 aliphatic rings. The molecule has 0 aromatic heterocycles. The summed E-state index contributed by atoms with van der Waals surface area (Å²) in [6, 6.07) is 0. The minimum atomic E-state index is -0.935. The van der Waals surface area contributed by atoms with Gasteiger partial charge in [0.05, 0.1) is 0 Å². The first-order valence-electron chi connectivity index (χ1n) is 19.5. The standard InChI is InChI=1S/3C12H24O2.C4H6O2.Zr/c3*1-2-3-4-5-6-7-8-9-10-11-12(13)14;1-3(2)4(5)6;/h3*2-11H2,1H3,(H,13,14);1H2,2H3,(H,5,6);. The van der Waals surface area contributed by atoms with E-state index in [-0.39, 0.29) is 31.8 Å². The van der Waals surface area contributed by atoms with Crippen LogP contribution < -0.4 is 0 Å². The van der Waals surface area contributed by atoms with E-state index < -0.39 is 23.9 Å². The zero-order valence-corrected chi connectivity index (χ0v) is 34.8. The van der Waals surface area contributed by atoms with Crippen molar-refractivity contribution in [3.05, 3.63) is 12.2 Å². The fraction of sp³-hybridized carbons (Fsp3) is 0.850. The van der Waals surface area contributed by atoms with Crippen molar-refractivity contribution in [3.8, 4) is 0 Å². The maximum atomic E-state index is 10.2. The molecule has 290 valence electrons. The molecule has 0 aliphatic carbocycles. The summed E-state index contributed by atoms with van der Waals surface area (Å²) in [5.41, 5.74) is 0.176. The van der Waals surface area contributed by atoms with Crippen molar-refractivity contribution in [2.24, 2.45) is 0 Å². The van der Waals surface area contributed by atoms with Gasteiger partial charge in [-0.1, -0.05) is 181 Å². The molecule has 0 aromatic rings. The first-order valence-corrected chi connectivity index (χ1v) is 19.5. The van der Waals surface area contributed by atoms with E-state index in [0.29, 0.717) is 19.3 Å². The Morgan fingerprint density at radius 3 is 0.633 bits per heavy atom. The number of carboxylic acids is 4. The fourth-order valence-electron chi connectivity index (χ4n) is 4.76. The van der Waals surface area contributed by atoms with Gasteiger partial charge in [0.1, 0.15) is 0 Å². The SMILES string of the molecule is C=C(C)C(=O)O.CCCCCCCCCCCC(=O)O.CCCCCCCCCCCC(=O)O.CCCCCCCCCCCC(=O)O.[Zr]. The minimum Gasteiger partial charge on any atom is -0.481 e. The van der Waals surface area contributed by atoms with Crippen LogP contribution in [-0.2, 0) is 45.4 Å². The van der Waals surface area contributed by atoms with Crippen LogP contribution in [0.25, 0.3) is 0 Å². The molecular formula is C40H78O8Zr. The molecule has 0 bridgehead atoms. The third kappa shape index (κ3) is 73.1. The molecule has 0 fully saturated rings. The number of hydrogen-bond donors (Lipinski definition) is 4. The van der Waals surface area contributed by atoms with E-state index >= 15 is 0 Å². The average Bonchev–Trinajstić information content (AvgIpc) is 3.03. The summed E-state index contributed by atoms with van der Waals surface area (Å²) in [7, 11) is 0. The largest absolute Gasteiger partial charge is 0.481 e. The zero-order chi connectivity index (χ0) is 37.1. The van der Waals surface area contributed by atoms with Gasteiger partial charge in [0.25, 0.3) is 0 Å². The summed E-state index contributed by atoms with van der Waals surface area (Å²) in [6.45, 7) is 11.3. The zero-order valence-electron chi connectivity index (χ0n) is 32.3. The minimum absolute atomic E-state index is 0. The maximum Gasteiger partial charge on any atom is 0.330 e. The van der Waals surface area contributed by atoms with E-state index in [1.165, 1.54) is 142 Å². The monoisotopic (exact) mass is 776 g/mol. The molecule has 0 saturated heterocycles. The summed E-state index contributed by atoms with van der Waals surface area (Å²) in [4.78, 5) is 40.2. The van der Waals surface area contributed by atoms with Crippen molar-refractivity contribution < 1.29 is 65.8 Å². The number of hydrogen-bond acceptors (Lipinski definition) is 4. The molecule has 0 radical (unpaired) electrons. The molecule has 0 aliphatic heterocycles. The predicted molar refractivity (Wildman–Crippen MR) is 201 cm³/mol. The van der Waals surface area contributed by atoms with Crippen LogP contribution in [0.1, 0.15) is 220 Å². The first-order chi connectivity index (χ1) is 23.0. The van der Waals surface area contributed by atoms with Crippen molar-refractivity contribution in [2.45, 2.75) is 220 Å². The third-order valence-electron chi connectivity index (χ3n) is 7.85. The van der Waals surface area contributed by atoms with Gasteiger partial charge in [0, 0.05) is 51.0 Å². The molecule has 0 saturated carbocycles. The molecule has 49 heavy (non-hydrogen) atoms. The average molecular weight is 778 g/mol. The normalized spacial score (nSPS) is 9.80. The van der Waals surface area contributed by atoms with Gasteiger partial charge in [-0.3, -0.25) is 14.4 Å². The van der Waals surface area contributed by atoms with E-state index in [0.717, 1.165) is 38.5 Å². The second-order valence-corrected chi connectivity index (χ2v) is 13.0. The Kier molecular flexibility index (Phi) is 59.0. The summed E-state index contributed by atoms with van der Waals surface area (Å²) >= 11 is 0. The summed E-state index contributed by atoms with van der Waals surface area (Å²) in [6.07, 6.45) is 34.4. The molecule has 4 N–H and O–H groups in total. The van der Waals surface area contributed by atoms with Crippen LogP contribution in [0, 0.1) is 0 Å². The second kappa shape index (κ2) is 50.9. The number of unbranched alkanes of at least 4 members (excludes halogenated alkanes) is 24. The van der Waals surface area contributed by atoms with Gasteiger partial charge in [0.15, 0.2) is 0 Å². The number of aliphatic carboxylic acids is 4. The van der Waals surface area contributed by atoms with Crippen LogP contribution in [0.4, 0.5) is 0 Å². The van der Waals surface area contributed by atoms with Crippen LogP contribution in [-0.4, -0.2) is 44.3 Å². The molecule has 0 aromatic carbocycles. The van der Waals surface area contributed by atoms with E-state index in [9.17, 15) is 19.2 Å². The van der Waals surface area contributed by atoms with E-state index in [2.05, 4.69) is 27.4 Å². The third-order valence-corrected chi connectivity index (χ3v) is 7.85. The van der Waals surface area contributed by atoms with Crippen LogP contribution in [0.2, 0.25) is 0 Å². The summed E-state index contributed by atoms with van der Waals surface area (Å²) in [5, 5.41) is 33.1. The molecule has 8 nitrogen and oxygen atoms in total. The van der Waals surface area contributed by atoms with Crippen molar-refractivity contribution >= 4 is 23.9 Å². The van der Waals surface area contributed by atoms with E-state index in [1.807, 2.05) is 0 Å². The molecule has 0 rings (SSSR count).